The van der Waals surface area contributed by atoms with Crippen molar-refractivity contribution in [1.29, 1.82) is 0 Å². The lowest BCUT2D eigenvalue weighted by atomic mass is 10.1. The maximum Gasteiger partial charge on any atom is 0.169 e. The molecule has 0 unspecified atom stereocenters. The van der Waals surface area contributed by atoms with E-state index >= 15 is 0 Å². The number of ether oxygens (including phenoxy) is 2. The quantitative estimate of drug-likeness (QED) is 0.767. The van der Waals surface area contributed by atoms with E-state index in [0.717, 1.165) is 49.3 Å². The zero-order chi connectivity index (χ0) is 17.1. The Bertz CT molecular complexity index is 596. The predicted molar refractivity (Wildman–Crippen MR) is 99.0 cm³/mol. The summed E-state index contributed by atoms with van der Waals surface area (Å²) in [5.74, 6) is 1.61. The summed E-state index contributed by atoms with van der Waals surface area (Å²) in [7, 11) is 3.37. The van der Waals surface area contributed by atoms with Gasteiger partial charge in [-0.15, -0.1) is 0 Å². The summed E-state index contributed by atoms with van der Waals surface area (Å²) in [6.45, 7) is 7.44. The van der Waals surface area contributed by atoms with Crippen molar-refractivity contribution in [2.75, 3.05) is 40.4 Å². The number of benzene rings is 1. The smallest absolute Gasteiger partial charge is 0.169 e. The summed E-state index contributed by atoms with van der Waals surface area (Å²) in [5, 5.41) is 4.39. The Kier molecular flexibility index (Phi) is 5.46. The van der Waals surface area contributed by atoms with Crippen LogP contribution in [0, 0.1) is 6.92 Å². The normalized spacial score (nSPS) is 18.4. The molecule has 1 aromatic carbocycles. The highest BCUT2D eigenvalue weighted by molar-refractivity contribution is 7.80. The maximum absolute atomic E-state index is 5.51. The molecule has 0 spiro atoms. The van der Waals surface area contributed by atoms with Crippen molar-refractivity contribution in [3.05, 3.63) is 23.3 Å². The number of thiocarbonyl (C=S) groups is 1. The van der Waals surface area contributed by atoms with Gasteiger partial charge in [-0.2, -0.15) is 0 Å². The maximum atomic E-state index is 5.51. The van der Waals surface area contributed by atoms with Crippen molar-refractivity contribution in [3.8, 4) is 11.5 Å². The van der Waals surface area contributed by atoms with Crippen LogP contribution in [0.4, 0.5) is 0 Å². The first kappa shape index (κ1) is 17.3. The molecule has 2 fully saturated rings. The molecule has 1 saturated carbocycles. The number of quaternary nitrogens is 1. The number of methoxy groups -OCH3 is 2. The minimum atomic E-state index is 0.636. The number of nitrogens with zero attached hydrogens (tertiary/aromatic N) is 1. The van der Waals surface area contributed by atoms with E-state index in [4.69, 9.17) is 21.7 Å². The van der Waals surface area contributed by atoms with Gasteiger partial charge in [0.1, 0.15) is 6.54 Å². The highest BCUT2D eigenvalue weighted by Crippen LogP contribution is 2.29. The van der Waals surface area contributed by atoms with E-state index in [0.29, 0.717) is 6.04 Å². The third-order valence-electron chi connectivity index (χ3n) is 4.95. The van der Waals surface area contributed by atoms with Crippen LogP contribution in [-0.4, -0.2) is 56.5 Å². The van der Waals surface area contributed by atoms with Crippen molar-refractivity contribution < 1.29 is 14.4 Å². The van der Waals surface area contributed by atoms with Gasteiger partial charge < -0.3 is 24.6 Å². The third-order valence-corrected chi connectivity index (χ3v) is 5.32. The van der Waals surface area contributed by atoms with Crippen molar-refractivity contribution >= 4 is 17.3 Å². The number of hydrogen-bond donors (Lipinski definition) is 2. The van der Waals surface area contributed by atoms with Crippen molar-refractivity contribution in [2.24, 2.45) is 0 Å². The minimum absolute atomic E-state index is 0.636. The largest absolute Gasteiger partial charge is 0.493 e. The Labute approximate surface area is 149 Å². The monoisotopic (exact) mass is 350 g/mol. The van der Waals surface area contributed by atoms with Gasteiger partial charge in [0, 0.05) is 11.6 Å². The van der Waals surface area contributed by atoms with Gasteiger partial charge in [0.15, 0.2) is 16.6 Å². The Hall–Kier alpha value is -1.53. The molecule has 0 atom stereocenters. The molecule has 3 rings (SSSR count). The van der Waals surface area contributed by atoms with Crippen molar-refractivity contribution in [1.82, 2.24) is 10.2 Å². The van der Waals surface area contributed by atoms with E-state index in [-0.39, 0.29) is 0 Å². The first-order chi connectivity index (χ1) is 11.6. The molecular weight excluding hydrogens is 322 g/mol. The fraction of sp³-hybridized carbons (Fsp3) is 0.611. The highest BCUT2D eigenvalue weighted by atomic mass is 32.1. The van der Waals surface area contributed by atoms with Gasteiger partial charge in [-0.1, -0.05) is 0 Å². The lowest BCUT2D eigenvalue weighted by Crippen LogP contribution is -3.13. The van der Waals surface area contributed by atoms with Gasteiger partial charge in [0.25, 0.3) is 0 Å². The lowest BCUT2D eigenvalue weighted by Gasteiger charge is -2.34. The van der Waals surface area contributed by atoms with Crippen molar-refractivity contribution in [2.45, 2.75) is 32.4 Å². The summed E-state index contributed by atoms with van der Waals surface area (Å²) in [4.78, 5) is 3.91. The minimum Gasteiger partial charge on any atom is -0.493 e. The van der Waals surface area contributed by atoms with Crippen molar-refractivity contribution in [3.63, 3.8) is 0 Å². The topological polar surface area (TPSA) is 38.2 Å². The summed E-state index contributed by atoms with van der Waals surface area (Å²) in [6.07, 6.45) is 2.54. The van der Waals surface area contributed by atoms with E-state index in [9.17, 15) is 0 Å². The first-order valence-electron chi connectivity index (χ1n) is 8.71. The van der Waals surface area contributed by atoms with E-state index in [2.05, 4.69) is 29.3 Å². The van der Waals surface area contributed by atoms with Gasteiger partial charge in [-0.3, -0.25) is 0 Å². The highest BCUT2D eigenvalue weighted by Gasteiger charge is 2.27. The summed E-state index contributed by atoms with van der Waals surface area (Å²) in [6, 6.07) is 4.82. The van der Waals surface area contributed by atoms with Crippen LogP contribution in [0.1, 0.15) is 24.0 Å². The standard InChI is InChI=1S/C18H27N3O2S/c1-13-10-16(22-2)17(23-3)11-14(13)12-20-6-8-21(9-7-20)18(24)19-15-4-5-15/h10-11,15H,4-9,12H2,1-3H3,(H,19,24)/p+1. The van der Waals surface area contributed by atoms with E-state index in [1.54, 1.807) is 19.1 Å². The Morgan fingerprint density at radius 3 is 2.42 bits per heavy atom. The summed E-state index contributed by atoms with van der Waals surface area (Å²) < 4.78 is 10.8. The zero-order valence-corrected chi connectivity index (χ0v) is 15.7. The number of aryl methyl sites for hydroxylation is 1. The summed E-state index contributed by atoms with van der Waals surface area (Å²) >= 11 is 5.51. The molecule has 0 amide bonds. The van der Waals surface area contributed by atoms with Gasteiger partial charge in [-0.25, -0.2) is 0 Å². The number of hydrogen-bond acceptors (Lipinski definition) is 3. The van der Waals surface area contributed by atoms with Crippen LogP contribution in [-0.2, 0) is 6.54 Å². The molecule has 1 aromatic rings. The Morgan fingerprint density at radius 1 is 1.21 bits per heavy atom. The number of piperazine rings is 1. The third kappa shape index (κ3) is 4.11. The second-order valence-electron chi connectivity index (χ2n) is 6.77. The molecule has 24 heavy (non-hydrogen) atoms. The molecule has 1 saturated heterocycles. The molecule has 2 N–H and O–H groups in total. The average Bonchev–Trinajstić information content (AvgIpc) is 3.40. The van der Waals surface area contributed by atoms with Crippen LogP contribution in [0.25, 0.3) is 0 Å². The fourth-order valence-corrected chi connectivity index (χ4v) is 3.53. The van der Waals surface area contributed by atoms with Gasteiger partial charge >= 0.3 is 0 Å². The summed E-state index contributed by atoms with van der Waals surface area (Å²) in [5.41, 5.74) is 2.59. The van der Waals surface area contributed by atoms with Gasteiger partial charge in [0.2, 0.25) is 0 Å². The number of nitrogens with one attached hydrogen (secondary N) is 2. The number of rotatable bonds is 5. The Balaban J connectivity index is 1.56. The van der Waals surface area contributed by atoms with Gasteiger partial charge in [0.05, 0.1) is 40.4 Å². The molecule has 0 aromatic heterocycles. The second-order valence-corrected chi connectivity index (χ2v) is 7.16. The predicted octanol–water partition coefficient (Wildman–Crippen LogP) is 0.750. The van der Waals surface area contributed by atoms with E-state index < -0.39 is 0 Å². The van der Waals surface area contributed by atoms with Crippen LogP contribution >= 0.6 is 12.2 Å². The Morgan fingerprint density at radius 2 is 1.83 bits per heavy atom. The van der Waals surface area contributed by atoms with Crippen LogP contribution in [0.5, 0.6) is 11.5 Å². The molecule has 2 aliphatic rings. The molecule has 5 nitrogen and oxygen atoms in total. The average molecular weight is 351 g/mol. The van der Waals surface area contributed by atoms with E-state index in [1.807, 2.05) is 0 Å². The van der Waals surface area contributed by atoms with Crippen LogP contribution in [0.2, 0.25) is 0 Å². The first-order valence-corrected chi connectivity index (χ1v) is 9.12. The molecule has 1 aliphatic carbocycles. The molecule has 132 valence electrons. The van der Waals surface area contributed by atoms with Crippen LogP contribution < -0.4 is 19.7 Å². The molecule has 1 heterocycles. The van der Waals surface area contributed by atoms with E-state index in [1.165, 1.54) is 24.0 Å². The zero-order valence-electron chi connectivity index (χ0n) is 14.9. The molecule has 6 heteroatoms. The van der Waals surface area contributed by atoms with Crippen LogP contribution in [0.15, 0.2) is 12.1 Å². The molecular formula is C18H28N3O2S+. The fourth-order valence-electron chi connectivity index (χ4n) is 3.18. The lowest BCUT2D eigenvalue weighted by molar-refractivity contribution is -0.917. The van der Waals surface area contributed by atoms with Gasteiger partial charge in [-0.05, 0) is 49.7 Å². The molecule has 0 bridgehead atoms. The van der Waals surface area contributed by atoms with Crippen LogP contribution in [0.3, 0.4) is 0 Å². The molecule has 0 radical (unpaired) electrons. The second kappa shape index (κ2) is 7.57. The molecule has 1 aliphatic heterocycles. The SMILES string of the molecule is COc1cc(C)c(C[NH+]2CCN(C(=S)NC3CC3)CC2)cc1OC.